The highest BCUT2D eigenvalue weighted by atomic mass is 16.5. The minimum absolute atomic E-state index is 0.0785. The van der Waals surface area contributed by atoms with Crippen LogP contribution in [0.3, 0.4) is 0 Å². The molecule has 0 spiro atoms. The predicted octanol–water partition coefficient (Wildman–Crippen LogP) is 3.10. The monoisotopic (exact) mass is 521 g/mol. The number of furan rings is 1. The van der Waals surface area contributed by atoms with Gasteiger partial charge in [0.2, 0.25) is 11.8 Å². The van der Waals surface area contributed by atoms with Crippen LogP contribution in [-0.4, -0.2) is 57.7 Å². The van der Waals surface area contributed by atoms with Crippen LogP contribution in [0, 0.1) is 0 Å². The molecular weight excluding hydrogens is 490 g/mol. The predicted molar refractivity (Wildman–Crippen MR) is 139 cm³/mol. The van der Waals surface area contributed by atoms with Crippen LogP contribution < -0.4 is 25.0 Å². The number of nitrogens with one attached hydrogen (secondary N) is 2. The molecule has 200 valence electrons. The van der Waals surface area contributed by atoms with E-state index in [0.717, 1.165) is 12.8 Å². The number of carbonyl (C=O) groups excluding carboxylic acids is 3. The second kappa shape index (κ2) is 12.8. The van der Waals surface area contributed by atoms with Gasteiger partial charge in [0, 0.05) is 18.8 Å². The Morgan fingerprint density at radius 1 is 1.00 bits per heavy atom. The third-order valence-electron chi connectivity index (χ3n) is 6.21. The maximum Gasteiger partial charge on any atom is 0.287 e. The molecule has 1 saturated heterocycles. The molecule has 0 radical (unpaired) electrons. The van der Waals surface area contributed by atoms with Gasteiger partial charge in [-0.2, -0.15) is 0 Å². The van der Waals surface area contributed by atoms with Crippen LogP contribution in [0.5, 0.6) is 11.5 Å². The molecule has 3 aromatic rings. The molecule has 0 saturated carbocycles. The quantitative estimate of drug-likeness (QED) is 0.398. The summed E-state index contributed by atoms with van der Waals surface area (Å²) < 4.78 is 21.6. The second-order valence-corrected chi connectivity index (χ2v) is 8.66. The standard InChI is InChI=1S/C28H31N3O7/c1-35-22-13-12-19(16-24(22)36-2)26(28(34)29-17-21-10-6-14-37-21)31(20-8-4-3-5-9-20)25(32)18-30-27(33)23-11-7-15-38-23/h3-5,7-9,11-13,15-16,21,26H,6,10,14,17-18H2,1-2H3,(H,29,34)(H,30,33)/t21-,26+/m1/s1. The van der Waals surface area contributed by atoms with Gasteiger partial charge in [-0.05, 0) is 54.8 Å². The third kappa shape index (κ3) is 6.33. The Bertz CT molecular complexity index is 1220. The zero-order valence-corrected chi connectivity index (χ0v) is 21.3. The number of carbonyl (C=O) groups is 3. The Labute approximate surface area is 220 Å². The van der Waals surface area contributed by atoms with E-state index in [1.807, 2.05) is 6.07 Å². The van der Waals surface area contributed by atoms with E-state index in [1.54, 1.807) is 48.5 Å². The largest absolute Gasteiger partial charge is 0.493 e. The van der Waals surface area contributed by atoms with E-state index < -0.39 is 23.8 Å². The molecule has 0 unspecified atom stereocenters. The van der Waals surface area contributed by atoms with E-state index in [0.29, 0.717) is 35.9 Å². The van der Waals surface area contributed by atoms with E-state index >= 15 is 0 Å². The molecular formula is C28H31N3O7. The van der Waals surface area contributed by atoms with Gasteiger partial charge in [0.15, 0.2) is 17.3 Å². The number of methoxy groups -OCH3 is 2. The molecule has 2 atom stereocenters. The molecule has 3 amide bonds. The molecule has 10 nitrogen and oxygen atoms in total. The van der Waals surface area contributed by atoms with E-state index in [2.05, 4.69) is 10.6 Å². The van der Waals surface area contributed by atoms with Gasteiger partial charge in [0.05, 0.1) is 33.1 Å². The highest BCUT2D eigenvalue weighted by molar-refractivity contribution is 6.04. The second-order valence-electron chi connectivity index (χ2n) is 8.66. The number of rotatable bonds is 11. The maximum absolute atomic E-state index is 13.8. The van der Waals surface area contributed by atoms with Crippen LogP contribution in [0.2, 0.25) is 0 Å². The fourth-order valence-electron chi connectivity index (χ4n) is 4.32. The van der Waals surface area contributed by atoms with Crippen molar-refractivity contribution in [3.63, 3.8) is 0 Å². The summed E-state index contributed by atoms with van der Waals surface area (Å²) in [4.78, 5) is 41.3. The lowest BCUT2D eigenvalue weighted by Gasteiger charge is -2.32. The molecule has 10 heteroatoms. The number of nitrogens with zero attached hydrogens (tertiary/aromatic N) is 1. The molecule has 1 aliphatic heterocycles. The van der Waals surface area contributed by atoms with Gasteiger partial charge in [0.1, 0.15) is 6.04 Å². The number of benzene rings is 2. The minimum atomic E-state index is -1.08. The molecule has 1 aromatic heterocycles. The summed E-state index contributed by atoms with van der Waals surface area (Å²) in [5.41, 5.74) is 0.985. The molecule has 1 fully saturated rings. The fourth-order valence-corrected chi connectivity index (χ4v) is 4.32. The summed E-state index contributed by atoms with van der Waals surface area (Å²) in [5.74, 6) is -0.464. The van der Waals surface area contributed by atoms with Crippen molar-refractivity contribution in [3.05, 3.63) is 78.3 Å². The van der Waals surface area contributed by atoms with Crippen LogP contribution in [-0.2, 0) is 14.3 Å². The number of ether oxygens (including phenoxy) is 3. The van der Waals surface area contributed by atoms with E-state index in [4.69, 9.17) is 18.6 Å². The smallest absolute Gasteiger partial charge is 0.287 e. The van der Waals surface area contributed by atoms with Crippen LogP contribution in [0.4, 0.5) is 5.69 Å². The summed E-state index contributed by atoms with van der Waals surface area (Å²) in [5, 5.41) is 5.53. The van der Waals surface area contributed by atoms with Crippen molar-refractivity contribution in [1.82, 2.24) is 10.6 Å². The van der Waals surface area contributed by atoms with Crippen molar-refractivity contribution >= 4 is 23.4 Å². The van der Waals surface area contributed by atoms with Gasteiger partial charge in [-0.25, -0.2) is 0 Å². The van der Waals surface area contributed by atoms with Crippen molar-refractivity contribution in [2.75, 3.05) is 38.8 Å². The minimum Gasteiger partial charge on any atom is -0.493 e. The van der Waals surface area contributed by atoms with Gasteiger partial charge in [-0.15, -0.1) is 0 Å². The first kappa shape index (κ1) is 26.7. The number of amides is 3. The molecule has 0 aliphatic carbocycles. The van der Waals surface area contributed by atoms with Gasteiger partial charge >= 0.3 is 0 Å². The van der Waals surface area contributed by atoms with Crippen molar-refractivity contribution < 1.29 is 33.0 Å². The average Bonchev–Trinajstić information content (AvgIpc) is 3.68. The zero-order chi connectivity index (χ0) is 26.9. The number of hydrogen-bond acceptors (Lipinski definition) is 7. The van der Waals surface area contributed by atoms with Crippen LogP contribution >= 0.6 is 0 Å². The third-order valence-corrected chi connectivity index (χ3v) is 6.21. The lowest BCUT2D eigenvalue weighted by Crippen LogP contribution is -2.48. The lowest BCUT2D eigenvalue weighted by molar-refractivity contribution is -0.126. The number of anilines is 1. The normalized spacial score (nSPS) is 15.4. The first-order chi connectivity index (χ1) is 18.5. The van der Waals surface area contributed by atoms with E-state index in [-0.39, 0.29) is 18.4 Å². The Morgan fingerprint density at radius 2 is 1.79 bits per heavy atom. The molecule has 4 rings (SSSR count). The summed E-state index contributed by atoms with van der Waals surface area (Å²) in [6, 6.07) is 15.9. The molecule has 0 bridgehead atoms. The first-order valence-corrected chi connectivity index (χ1v) is 12.3. The average molecular weight is 522 g/mol. The Morgan fingerprint density at radius 3 is 2.45 bits per heavy atom. The van der Waals surface area contributed by atoms with Gasteiger partial charge < -0.3 is 29.3 Å². The summed E-state index contributed by atoms with van der Waals surface area (Å²) in [7, 11) is 3.02. The molecule has 38 heavy (non-hydrogen) atoms. The summed E-state index contributed by atoms with van der Waals surface area (Å²) >= 11 is 0. The summed E-state index contributed by atoms with van der Waals surface area (Å²) in [6.07, 6.45) is 3.07. The van der Waals surface area contributed by atoms with E-state index in [9.17, 15) is 14.4 Å². The first-order valence-electron chi connectivity index (χ1n) is 12.3. The highest BCUT2D eigenvalue weighted by Gasteiger charge is 2.34. The molecule has 2 N–H and O–H groups in total. The van der Waals surface area contributed by atoms with Crippen molar-refractivity contribution in [1.29, 1.82) is 0 Å². The Balaban J connectivity index is 1.68. The Hall–Kier alpha value is -4.31. The molecule has 2 aromatic carbocycles. The Kier molecular flexibility index (Phi) is 8.99. The SMILES string of the molecule is COc1ccc([C@@H](C(=O)NC[C@H]2CCCO2)N(C(=O)CNC(=O)c2ccco2)c2ccccc2)cc1OC. The number of hydrogen-bond donors (Lipinski definition) is 2. The van der Waals surface area contributed by atoms with Gasteiger partial charge in [-0.1, -0.05) is 24.3 Å². The lowest BCUT2D eigenvalue weighted by atomic mass is 10.0. The topological polar surface area (TPSA) is 119 Å². The fraction of sp³-hybridized carbons (Fsp3) is 0.321. The van der Waals surface area contributed by atoms with Gasteiger partial charge in [0.25, 0.3) is 5.91 Å². The molecule has 1 aliphatic rings. The number of para-hydroxylation sites is 1. The zero-order valence-electron chi connectivity index (χ0n) is 21.3. The van der Waals surface area contributed by atoms with E-state index in [1.165, 1.54) is 31.4 Å². The molecule has 2 heterocycles. The van der Waals surface area contributed by atoms with Crippen molar-refractivity contribution in [2.24, 2.45) is 0 Å². The van der Waals surface area contributed by atoms with Crippen molar-refractivity contribution in [2.45, 2.75) is 25.0 Å². The maximum atomic E-state index is 13.8. The van der Waals surface area contributed by atoms with Crippen molar-refractivity contribution in [3.8, 4) is 11.5 Å². The highest BCUT2D eigenvalue weighted by Crippen LogP contribution is 2.34. The van der Waals surface area contributed by atoms with Crippen LogP contribution in [0.1, 0.15) is 35.0 Å². The summed E-state index contributed by atoms with van der Waals surface area (Å²) in [6.45, 7) is 0.607. The van der Waals surface area contributed by atoms with Crippen LogP contribution in [0.15, 0.2) is 71.3 Å². The van der Waals surface area contributed by atoms with Gasteiger partial charge in [-0.3, -0.25) is 19.3 Å². The van der Waals surface area contributed by atoms with Crippen LogP contribution in [0.25, 0.3) is 0 Å².